The molecular weight excluding hydrogens is 196 g/mol. The first-order chi connectivity index (χ1) is 7.63. The standard InChI is InChI=1S/C14H18N2/c1-5-13(4)16(15-12(2)3)11-14-9-7-6-8-10-14/h5-10H,1,4,11H2,2-3H3. The highest BCUT2D eigenvalue weighted by molar-refractivity contribution is 5.78. The monoisotopic (exact) mass is 214 g/mol. The molecule has 0 aromatic heterocycles. The molecule has 0 fully saturated rings. The molecule has 0 saturated heterocycles. The molecule has 0 N–H and O–H groups in total. The van der Waals surface area contributed by atoms with Crippen molar-refractivity contribution in [2.45, 2.75) is 20.4 Å². The second-order valence-corrected chi connectivity index (χ2v) is 3.79. The first-order valence-corrected chi connectivity index (χ1v) is 5.28. The third kappa shape index (κ3) is 3.73. The Balaban J connectivity index is 2.83. The van der Waals surface area contributed by atoms with E-state index in [0.717, 1.165) is 18.0 Å². The van der Waals surface area contributed by atoms with Crippen LogP contribution in [0.4, 0.5) is 0 Å². The van der Waals surface area contributed by atoms with E-state index in [1.165, 1.54) is 5.56 Å². The summed E-state index contributed by atoms with van der Waals surface area (Å²) >= 11 is 0. The van der Waals surface area contributed by atoms with Gasteiger partial charge in [-0.2, -0.15) is 5.10 Å². The molecule has 0 saturated carbocycles. The zero-order valence-electron chi connectivity index (χ0n) is 9.98. The lowest BCUT2D eigenvalue weighted by Crippen LogP contribution is -2.15. The Morgan fingerprint density at radius 2 is 1.94 bits per heavy atom. The van der Waals surface area contributed by atoms with Crippen LogP contribution in [0.1, 0.15) is 19.4 Å². The zero-order valence-corrected chi connectivity index (χ0v) is 9.98. The van der Waals surface area contributed by atoms with E-state index in [9.17, 15) is 0 Å². The Morgan fingerprint density at radius 3 is 2.44 bits per heavy atom. The smallest absolute Gasteiger partial charge is 0.0666 e. The second kappa shape index (κ2) is 5.91. The third-order valence-corrected chi connectivity index (χ3v) is 2.06. The van der Waals surface area contributed by atoms with Crippen molar-refractivity contribution >= 4 is 5.71 Å². The molecule has 1 aromatic carbocycles. The van der Waals surface area contributed by atoms with E-state index in [4.69, 9.17) is 0 Å². The maximum atomic E-state index is 4.42. The molecular formula is C14H18N2. The lowest BCUT2D eigenvalue weighted by atomic mass is 10.2. The van der Waals surface area contributed by atoms with Gasteiger partial charge in [0, 0.05) is 5.71 Å². The van der Waals surface area contributed by atoms with Gasteiger partial charge in [-0.25, -0.2) is 0 Å². The van der Waals surface area contributed by atoms with Crippen LogP contribution in [0, 0.1) is 0 Å². The van der Waals surface area contributed by atoms with E-state index >= 15 is 0 Å². The van der Waals surface area contributed by atoms with E-state index in [-0.39, 0.29) is 0 Å². The van der Waals surface area contributed by atoms with Gasteiger partial charge in [-0.05, 0) is 25.5 Å². The second-order valence-electron chi connectivity index (χ2n) is 3.79. The van der Waals surface area contributed by atoms with Gasteiger partial charge in [-0.1, -0.05) is 43.5 Å². The average Bonchev–Trinajstić information content (AvgIpc) is 2.28. The van der Waals surface area contributed by atoms with Crippen LogP contribution < -0.4 is 0 Å². The summed E-state index contributed by atoms with van der Waals surface area (Å²) in [5.41, 5.74) is 3.01. The zero-order chi connectivity index (χ0) is 12.0. The summed E-state index contributed by atoms with van der Waals surface area (Å²) in [5, 5.41) is 6.28. The van der Waals surface area contributed by atoms with Gasteiger partial charge in [0.05, 0.1) is 12.2 Å². The van der Waals surface area contributed by atoms with Gasteiger partial charge in [-0.15, -0.1) is 0 Å². The fourth-order valence-corrected chi connectivity index (χ4v) is 1.30. The van der Waals surface area contributed by atoms with E-state index in [1.54, 1.807) is 6.08 Å². The Kier molecular flexibility index (Phi) is 4.52. The molecule has 84 valence electrons. The lowest BCUT2D eigenvalue weighted by molar-refractivity contribution is 0.369. The maximum absolute atomic E-state index is 4.42. The first-order valence-electron chi connectivity index (χ1n) is 5.28. The highest BCUT2D eigenvalue weighted by atomic mass is 15.5. The molecule has 0 atom stereocenters. The van der Waals surface area contributed by atoms with Gasteiger partial charge in [0.1, 0.15) is 0 Å². The van der Waals surface area contributed by atoms with Crippen molar-refractivity contribution in [2.75, 3.05) is 0 Å². The summed E-state index contributed by atoms with van der Waals surface area (Å²) in [6, 6.07) is 10.2. The number of rotatable bonds is 5. The minimum Gasteiger partial charge on any atom is -0.262 e. The van der Waals surface area contributed by atoms with E-state index in [1.807, 2.05) is 37.1 Å². The quantitative estimate of drug-likeness (QED) is 0.415. The molecule has 0 bridgehead atoms. The normalized spacial score (nSPS) is 9.38. The Bertz CT molecular complexity index is 386. The number of allylic oxidation sites excluding steroid dienone is 1. The topological polar surface area (TPSA) is 15.6 Å². The molecule has 0 radical (unpaired) electrons. The van der Waals surface area contributed by atoms with Crippen molar-refractivity contribution in [1.29, 1.82) is 0 Å². The van der Waals surface area contributed by atoms with Crippen molar-refractivity contribution in [3.05, 3.63) is 60.8 Å². The van der Waals surface area contributed by atoms with Gasteiger partial charge < -0.3 is 0 Å². The number of benzene rings is 1. The van der Waals surface area contributed by atoms with Gasteiger partial charge >= 0.3 is 0 Å². The van der Waals surface area contributed by atoms with Crippen molar-refractivity contribution in [3.8, 4) is 0 Å². The minimum atomic E-state index is 0.719. The van der Waals surface area contributed by atoms with Crippen LogP contribution in [0.25, 0.3) is 0 Å². The fraction of sp³-hybridized carbons (Fsp3) is 0.214. The van der Waals surface area contributed by atoms with Gasteiger partial charge in [0.25, 0.3) is 0 Å². The van der Waals surface area contributed by atoms with Crippen molar-refractivity contribution < 1.29 is 0 Å². The van der Waals surface area contributed by atoms with E-state index < -0.39 is 0 Å². The number of hydrogen-bond acceptors (Lipinski definition) is 2. The Hall–Kier alpha value is -1.83. The lowest BCUT2D eigenvalue weighted by Gasteiger charge is -2.19. The van der Waals surface area contributed by atoms with Gasteiger partial charge in [0.15, 0.2) is 0 Å². The molecule has 0 unspecified atom stereocenters. The molecule has 2 nitrogen and oxygen atoms in total. The average molecular weight is 214 g/mol. The molecule has 0 amide bonds. The van der Waals surface area contributed by atoms with Crippen molar-refractivity contribution in [2.24, 2.45) is 5.10 Å². The van der Waals surface area contributed by atoms with Crippen molar-refractivity contribution in [3.63, 3.8) is 0 Å². The van der Waals surface area contributed by atoms with Gasteiger partial charge in [-0.3, -0.25) is 5.01 Å². The summed E-state index contributed by atoms with van der Waals surface area (Å²) in [6.07, 6.45) is 1.72. The minimum absolute atomic E-state index is 0.719. The van der Waals surface area contributed by atoms with Crippen molar-refractivity contribution in [1.82, 2.24) is 5.01 Å². The number of hydrazone groups is 1. The summed E-state index contributed by atoms with van der Waals surface area (Å²) in [7, 11) is 0. The van der Waals surface area contributed by atoms with Crippen LogP contribution >= 0.6 is 0 Å². The fourth-order valence-electron chi connectivity index (χ4n) is 1.30. The summed E-state index contributed by atoms with van der Waals surface area (Å²) in [4.78, 5) is 0. The Morgan fingerprint density at radius 1 is 1.31 bits per heavy atom. The van der Waals surface area contributed by atoms with E-state index in [0.29, 0.717) is 0 Å². The van der Waals surface area contributed by atoms with Crippen LogP contribution in [0.3, 0.4) is 0 Å². The molecule has 0 spiro atoms. The van der Waals surface area contributed by atoms with E-state index in [2.05, 4.69) is 30.4 Å². The third-order valence-electron chi connectivity index (χ3n) is 2.06. The van der Waals surface area contributed by atoms with Gasteiger partial charge in [0.2, 0.25) is 0 Å². The predicted octanol–water partition coefficient (Wildman–Crippen LogP) is 3.58. The largest absolute Gasteiger partial charge is 0.262 e. The highest BCUT2D eigenvalue weighted by Crippen LogP contribution is 2.11. The first kappa shape index (κ1) is 12.2. The molecule has 0 aliphatic rings. The summed E-state index contributed by atoms with van der Waals surface area (Å²) in [5.74, 6) is 0. The molecule has 1 aromatic rings. The van der Waals surface area contributed by atoms with Crippen LogP contribution in [0.15, 0.2) is 60.4 Å². The molecule has 2 heteroatoms. The number of hydrogen-bond donors (Lipinski definition) is 0. The molecule has 16 heavy (non-hydrogen) atoms. The van der Waals surface area contributed by atoms with Crippen LogP contribution in [0.2, 0.25) is 0 Å². The molecule has 0 heterocycles. The van der Waals surface area contributed by atoms with Crippen LogP contribution in [-0.4, -0.2) is 10.7 Å². The number of nitrogens with zero attached hydrogens (tertiary/aromatic N) is 2. The summed E-state index contributed by atoms with van der Waals surface area (Å²) < 4.78 is 0. The van der Waals surface area contributed by atoms with Crippen LogP contribution in [0.5, 0.6) is 0 Å². The Labute approximate surface area is 97.6 Å². The SMILES string of the molecule is C=CC(=C)N(Cc1ccccc1)N=C(C)C. The van der Waals surface area contributed by atoms with Crippen LogP contribution in [-0.2, 0) is 6.54 Å². The maximum Gasteiger partial charge on any atom is 0.0666 e. The summed E-state index contributed by atoms with van der Waals surface area (Å²) in [6.45, 7) is 12.3. The molecule has 0 aliphatic heterocycles. The highest BCUT2D eigenvalue weighted by Gasteiger charge is 2.04. The molecule has 1 rings (SSSR count). The predicted molar refractivity (Wildman–Crippen MR) is 70.1 cm³/mol. The molecule has 0 aliphatic carbocycles.